The van der Waals surface area contributed by atoms with Gasteiger partial charge in [-0.2, -0.15) is 5.10 Å². The lowest BCUT2D eigenvalue weighted by molar-refractivity contribution is -0.119. The number of carbonyl (C=O) groups is 2. The van der Waals surface area contributed by atoms with E-state index in [9.17, 15) is 9.59 Å². The van der Waals surface area contributed by atoms with Gasteiger partial charge in [0.15, 0.2) is 6.61 Å². The number of primary amides is 1. The molecule has 2 amide bonds. The normalized spacial score (nSPS) is 10.4. The molecular formula is C15H14N4O3. The highest BCUT2D eigenvalue weighted by Crippen LogP contribution is 2.10. The van der Waals surface area contributed by atoms with Crippen molar-refractivity contribution in [3.05, 3.63) is 59.9 Å². The molecule has 0 aliphatic heterocycles. The molecular weight excluding hydrogens is 284 g/mol. The van der Waals surface area contributed by atoms with E-state index in [0.717, 1.165) is 5.56 Å². The molecule has 7 nitrogen and oxygen atoms in total. The Kier molecular flexibility index (Phi) is 5.20. The fourth-order valence-electron chi connectivity index (χ4n) is 1.54. The first-order chi connectivity index (χ1) is 10.6. The van der Waals surface area contributed by atoms with E-state index in [1.165, 1.54) is 18.6 Å². The van der Waals surface area contributed by atoms with Crippen LogP contribution in [0.4, 0.5) is 0 Å². The fraction of sp³-hybridized carbons (Fsp3) is 0.0667. The summed E-state index contributed by atoms with van der Waals surface area (Å²) < 4.78 is 5.13. The molecule has 1 aromatic heterocycles. The van der Waals surface area contributed by atoms with Crippen LogP contribution in [-0.2, 0) is 4.79 Å². The lowest BCUT2D eigenvalue weighted by Gasteiger charge is -2.03. The van der Waals surface area contributed by atoms with Crippen molar-refractivity contribution in [3.63, 3.8) is 0 Å². The number of hydrogen-bond donors (Lipinski definition) is 2. The molecule has 0 unspecified atom stereocenters. The minimum atomic E-state index is -0.538. The van der Waals surface area contributed by atoms with Crippen molar-refractivity contribution in [2.45, 2.75) is 0 Å². The molecule has 0 aliphatic rings. The Morgan fingerprint density at radius 2 is 1.86 bits per heavy atom. The van der Waals surface area contributed by atoms with Crippen LogP contribution in [0.15, 0.2) is 53.9 Å². The second-order valence-corrected chi connectivity index (χ2v) is 4.26. The molecule has 1 heterocycles. The van der Waals surface area contributed by atoms with Crippen LogP contribution in [0, 0.1) is 0 Å². The molecule has 0 fully saturated rings. The summed E-state index contributed by atoms with van der Waals surface area (Å²) in [6, 6.07) is 10.0. The van der Waals surface area contributed by atoms with Gasteiger partial charge in [0.2, 0.25) is 0 Å². The number of aromatic nitrogens is 1. The maximum Gasteiger partial charge on any atom is 0.271 e. The van der Waals surface area contributed by atoms with Crippen LogP contribution in [-0.4, -0.2) is 29.6 Å². The first-order valence-corrected chi connectivity index (χ1v) is 6.40. The zero-order chi connectivity index (χ0) is 15.8. The lowest BCUT2D eigenvalue weighted by atomic mass is 10.2. The van der Waals surface area contributed by atoms with Gasteiger partial charge in [-0.15, -0.1) is 0 Å². The standard InChI is InChI=1S/C15H14N4O3/c16-14(20)10-22-13-3-1-11(2-4-13)9-18-19-15(21)12-5-7-17-8-6-12/h1-9H,10H2,(H2,16,20)(H,19,21)/b18-9-. The highest BCUT2D eigenvalue weighted by atomic mass is 16.5. The molecule has 0 bridgehead atoms. The number of nitrogens with zero attached hydrogens (tertiary/aromatic N) is 2. The van der Waals surface area contributed by atoms with E-state index in [1.807, 2.05) is 0 Å². The van der Waals surface area contributed by atoms with Crippen molar-refractivity contribution in [2.75, 3.05) is 6.61 Å². The molecule has 0 saturated carbocycles. The van der Waals surface area contributed by atoms with Crippen molar-refractivity contribution in [1.82, 2.24) is 10.4 Å². The van der Waals surface area contributed by atoms with Gasteiger partial charge in [-0.3, -0.25) is 14.6 Å². The first kappa shape index (κ1) is 15.2. The molecule has 0 saturated heterocycles. The molecule has 0 aliphatic carbocycles. The van der Waals surface area contributed by atoms with Gasteiger partial charge in [0.1, 0.15) is 5.75 Å². The molecule has 22 heavy (non-hydrogen) atoms. The van der Waals surface area contributed by atoms with Crippen molar-refractivity contribution in [1.29, 1.82) is 0 Å². The Bertz CT molecular complexity index is 669. The summed E-state index contributed by atoms with van der Waals surface area (Å²) in [5.74, 6) is -0.332. The van der Waals surface area contributed by atoms with Crippen LogP contribution < -0.4 is 15.9 Å². The third-order valence-electron chi connectivity index (χ3n) is 2.58. The summed E-state index contributed by atoms with van der Waals surface area (Å²) in [5, 5.41) is 3.86. The summed E-state index contributed by atoms with van der Waals surface area (Å²) >= 11 is 0. The number of hydrazone groups is 1. The number of nitrogens with one attached hydrogen (secondary N) is 1. The predicted octanol–water partition coefficient (Wildman–Crippen LogP) is 0.710. The zero-order valence-corrected chi connectivity index (χ0v) is 11.6. The number of rotatable bonds is 6. The highest BCUT2D eigenvalue weighted by molar-refractivity contribution is 5.94. The van der Waals surface area contributed by atoms with Gasteiger partial charge in [-0.1, -0.05) is 0 Å². The van der Waals surface area contributed by atoms with Gasteiger partial charge in [-0.25, -0.2) is 5.43 Å². The summed E-state index contributed by atoms with van der Waals surface area (Å²) in [6.45, 7) is -0.171. The maximum atomic E-state index is 11.7. The SMILES string of the molecule is NC(=O)COc1ccc(/C=N\NC(=O)c2ccncc2)cc1. The number of nitrogens with two attached hydrogens (primary N) is 1. The quantitative estimate of drug-likeness (QED) is 0.605. The minimum absolute atomic E-state index is 0.171. The molecule has 2 aromatic rings. The lowest BCUT2D eigenvalue weighted by Crippen LogP contribution is -2.20. The Hall–Kier alpha value is -3.22. The van der Waals surface area contributed by atoms with E-state index in [4.69, 9.17) is 10.5 Å². The summed E-state index contributed by atoms with van der Waals surface area (Å²) in [5.41, 5.74) is 8.64. The average molecular weight is 298 g/mol. The number of carbonyl (C=O) groups excluding carboxylic acids is 2. The smallest absolute Gasteiger partial charge is 0.271 e. The van der Waals surface area contributed by atoms with Gasteiger partial charge in [0.05, 0.1) is 6.21 Å². The molecule has 0 spiro atoms. The Balaban J connectivity index is 1.88. The molecule has 2 rings (SSSR count). The van der Waals surface area contributed by atoms with E-state index in [2.05, 4.69) is 15.5 Å². The van der Waals surface area contributed by atoms with Crippen LogP contribution >= 0.6 is 0 Å². The average Bonchev–Trinajstić information content (AvgIpc) is 2.55. The monoisotopic (exact) mass is 298 g/mol. The van der Waals surface area contributed by atoms with Crippen LogP contribution in [0.5, 0.6) is 5.75 Å². The van der Waals surface area contributed by atoms with E-state index in [-0.39, 0.29) is 12.5 Å². The van der Waals surface area contributed by atoms with Gasteiger partial charge >= 0.3 is 0 Å². The van der Waals surface area contributed by atoms with Gasteiger partial charge in [0, 0.05) is 18.0 Å². The fourth-order valence-corrected chi connectivity index (χ4v) is 1.54. The molecule has 0 radical (unpaired) electrons. The van der Waals surface area contributed by atoms with Crippen molar-refractivity contribution < 1.29 is 14.3 Å². The van der Waals surface area contributed by atoms with Crippen LogP contribution in [0.25, 0.3) is 0 Å². The number of benzene rings is 1. The first-order valence-electron chi connectivity index (χ1n) is 6.40. The van der Waals surface area contributed by atoms with Crippen molar-refractivity contribution in [2.24, 2.45) is 10.8 Å². The number of amides is 2. The van der Waals surface area contributed by atoms with Crippen molar-refractivity contribution in [3.8, 4) is 5.75 Å². The molecule has 7 heteroatoms. The second kappa shape index (κ2) is 7.53. The van der Waals surface area contributed by atoms with Gasteiger partial charge < -0.3 is 10.5 Å². The van der Waals surface area contributed by atoms with Crippen molar-refractivity contribution >= 4 is 18.0 Å². The van der Waals surface area contributed by atoms with Crippen LogP contribution in [0.2, 0.25) is 0 Å². The minimum Gasteiger partial charge on any atom is -0.484 e. The second-order valence-electron chi connectivity index (χ2n) is 4.26. The Morgan fingerprint density at radius 3 is 2.50 bits per heavy atom. The number of pyridine rings is 1. The summed E-state index contributed by atoms with van der Waals surface area (Å²) in [4.78, 5) is 26.1. The largest absolute Gasteiger partial charge is 0.484 e. The van der Waals surface area contributed by atoms with E-state index >= 15 is 0 Å². The van der Waals surface area contributed by atoms with Crippen LogP contribution in [0.1, 0.15) is 15.9 Å². The van der Waals surface area contributed by atoms with E-state index in [1.54, 1.807) is 36.4 Å². The Morgan fingerprint density at radius 1 is 1.18 bits per heavy atom. The molecule has 3 N–H and O–H groups in total. The number of hydrogen-bond acceptors (Lipinski definition) is 5. The summed E-state index contributed by atoms with van der Waals surface area (Å²) in [6.07, 6.45) is 4.56. The van der Waals surface area contributed by atoms with Gasteiger partial charge in [-0.05, 0) is 42.0 Å². The number of ether oxygens (including phenoxy) is 1. The third kappa shape index (κ3) is 4.71. The molecule has 112 valence electrons. The third-order valence-corrected chi connectivity index (χ3v) is 2.58. The van der Waals surface area contributed by atoms with E-state index in [0.29, 0.717) is 11.3 Å². The predicted molar refractivity (Wildman–Crippen MR) is 80.4 cm³/mol. The van der Waals surface area contributed by atoms with Gasteiger partial charge in [0.25, 0.3) is 11.8 Å². The zero-order valence-electron chi connectivity index (χ0n) is 11.6. The summed E-state index contributed by atoms with van der Waals surface area (Å²) in [7, 11) is 0. The molecule has 1 aromatic carbocycles. The maximum absolute atomic E-state index is 11.7. The Labute approximate surface area is 126 Å². The van der Waals surface area contributed by atoms with E-state index < -0.39 is 5.91 Å². The highest BCUT2D eigenvalue weighted by Gasteiger charge is 2.02. The topological polar surface area (TPSA) is 107 Å². The molecule has 0 atom stereocenters. The van der Waals surface area contributed by atoms with Crippen LogP contribution in [0.3, 0.4) is 0 Å².